The molecular weight excluding hydrogens is 321 g/mol. The summed E-state index contributed by atoms with van der Waals surface area (Å²) < 4.78 is 16.9. The highest BCUT2D eigenvalue weighted by Crippen LogP contribution is 2.19. The van der Waals surface area contributed by atoms with Gasteiger partial charge in [-0.1, -0.05) is 6.92 Å². The second-order valence-corrected chi connectivity index (χ2v) is 6.85. The molecule has 0 N–H and O–H groups in total. The first-order valence-corrected chi connectivity index (χ1v) is 8.61. The van der Waals surface area contributed by atoms with Crippen molar-refractivity contribution in [3.8, 4) is 0 Å². The molecule has 1 amide bonds. The average Bonchev–Trinajstić information content (AvgIpc) is 3.09. The Kier molecular flexibility index (Phi) is 3.82. The Morgan fingerprint density at radius 1 is 1.16 bits per heavy atom. The smallest absolute Gasteiger partial charge is 0.275 e. The number of piperidine rings is 1. The van der Waals surface area contributed by atoms with Crippen molar-refractivity contribution >= 4 is 22.5 Å². The minimum atomic E-state index is -0.425. The van der Waals surface area contributed by atoms with Gasteiger partial charge in [-0.3, -0.25) is 14.2 Å². The second kappa shape index (κ2) is 6.02. The first-order chi connectivity index (χ1) is 12.0. The zero-order valence-electron chi connectivity index (χ0n) is 14.1. The lowest BCUT2D eigenvalue weighted by Crippen LogP contribution is -2.41. The molecule has 1 aliphatic rings. The maximum Gasteiger partial charge on any atom is 0.275 e. The third-order valence-electron chi connectivity index (χ3n) is 5.13. The normalized spacial score (nSPS) is 16.0. The quantitative estimate of drug-likeness (QED) is 0.719. The number of fused-ring (bicyclic) bond motifs is 3. The topological polar surface area (TPSA) is 46.7 Å². The van der Waals surface area contributed by atoms with Crippen LogP contribution in [0.25, 0.3) is 16.6 Å². The predicted octanol–water partition coefficient (Wildman–Crippen LogP) is 2.65. The minimum absolute atomic E-state index is 0.0607. The van der Waals surface area contributed by atoms with E-state index in [0.717, 1.165) is 12.8 Å². The maximum absolute atomic E-state index is 13.8. The summed E-state index contributed by atoms with van der Waals surface area (Å²) >= 11 is 0. The van der Waals surface area contributed by atoms with E-state index in [2.05, 4.69) is 6.92 Å². The van der Waals surface area contributed by atoms with Gasteiger partial charge >= 0.3 is 0 Å². The number of aromatic nitrogens is 2. The van der Waals surface area contributed by atoms with Crippen LogP contribution in [0.4, 0.5) is 4.39 Å². The van der Waals surface area contributed by atoms with Gasteiger partial charge in [0.1, 0.15) is 17.9 Å². The molecule has 0 atom stereocenters. The highest BCUT2D eigenvalue weighted by atomic mass is 19.1. The lowest BCUT2D eigenvalue weighted by molar-refractivity contribution is -0.133. The number of carbonyl (C=O) groups is 1. The van der Waals surface area contributed by atoms with Gasteiger partial charge in [0.2, 0.25) is 5.91 Å². The van der Waals surface area contributed by atoms with Crippen LogP contribution < -0.4 is 5.56 Å². The summed E-state index contributed by atoms with van der Waals surface area (Å²) in [7, 11) is 0. The molecule has 1 fully saturated rings. The van der Waals surface area contributed by atoms with Crippen molar-refractivity contribution in [3.63, 3.8) is 0 Å². The van der Waals surface area contributed by atoms with Gasteiger partial charge in [0, 0.05) is 19.3 Å². The molecule has 0 bridgehead atoms. The fourth-order valence-electron chi connectivity index (χ4n) is 3.58. The molecular formula is C19H20FN3O2. The fraction of sp³-hybridized carbons (Fsp3) is 0.368. The van der Waals surface area contributed by atoms with Crippen molar-refractivity contribution in [2.24, 2.45) is 5.92 Å². The molecule has 0 saturated carbocycles. The molecule has 1 aliphatic heterocycles. The van der Waals surface area contributed by atoms with Gasteiger partial charge in [-0.2, -0.15) is 0 Å². The van der Waals surface area contributed by atoms with Crippen LogP contribution in [0, 0.1) is 11.7 Å². The zero-order valence-corrected chi connectivity index (χ0v) is 14.1. The van der Waals surface area contributed by atoms with Crippen LogP contribution in [-0.2, 0) is 11.3 Å². The van der Waals surface area contributed by atoms with Crippen LogP contribution in [0.5, 0.6) is 0 Å². The van der Waals surface area contributed by atoms with Crippen LogP contribution in [0.2, 0.25) is 0 Å². The molecule has 3 heterocycles. The van der Waals surface area contributed by atoms with Crippen LogP contribution in [-0.4, -0.2) is 32.9 Å². The summed E-state index contributed by atoms with van der Waals surface area (Å²) in [5, 5.41) is 0. The lowest BCUT2D eigenvalue weighted by atomic mass is 9.99. The fourth-order valence-corrected chi connectivity index (χ4v) is 3.58. The monoisotopic (exact) mass is 341 g/mol. The van der Waals surface area contributed by atoms with Gasteiger partial charge in [0.25, 0.3) is 5.56 Å². The lowest BCUT2D eigenvalue weighted by Gasteiger charge is -2.30. The van der Waals surface area contributed by atoms with Gasteiger partial charge in [0.05, 0.1) is 11.0 Å². The van der Waals surface area contributed by atoms with Crippen molar-refractivity contribution < 1.29 is 9.18 Å². The summed E-state index contributed by atoms with van der Waals surface area (Å²) in [4.78, 5) is 27.3. The molecule has 2 aromatic heterocycles. The Balaban J connectivity index is 1.79. The number of benzene rings is 1. The number of likely N-dealkylation sites (tertiary alicyclic amines) is 1. The second-order valence-electron chi connectivity index (χ2n) is 6.85. The molecule has 25 heavy (non-hydrogen) atoms. The maximum atomic E-state index is 13.8. The molecule has 0 radical (unpaired) electrons. The van der Waals surface area contributed by atoms with E-state index in [4.69, 9.17) is 0 Å². The largest absolute Gasteiger partial charge is 0.341 e. The van der Waals surface area contributed by atoms with Gasteiger partial charge in [-0.05, 0) is 49.1 Å². The van der Waals surface area contributed by atoms with Crippen molar-refractivity contribution in [3.05, 3.63) is 52.7 Å². The van der Waals surface area contributed by atoms with Crippen molar-refractivity contribution in [2.75, 3.05) is 13.1 Å². The zero-order chi connectivity index (χ0) is 17.6. The summed E-state index contributed by atoms with van der Waals surface area (Å²) in [6.45, 7) is 3.56. The van der Waals surface area contributed by atoms with E-state index in [0.29, 0.717) is 35.6 Å². The third kappa shape index (κ3) is 2.71. The molecule has 1 aromatic carbocycles. The Morgan fingerprint density at radius 3 is 2.68 bits per heavy atom. The Hall–Kier alpha value is -2.63. The molecule has 1 saturated heterocycles. The highest BCUT2D eigenvalue weighted by molar-refractivity contribution is 5.82. The van der Waals surface area contributed by atoms with Crippen LogP contribution >= 0.6 is 0 Å². The summed E-state index contributed by atoms with van der Waals surface area (Å²) in [6.07, 6.45) is 3.73. The van der Waals surface area contributed by atoms with Gasteiger partial charge in [-0.25, -0.2) is 4.39 Å². The van der Waals surface area contributed by atoms with Crippen molar-refractivity contribution in [1.29, 1.82) is 0 Å². The third-order valence-corrected chi connectivity index (χ3v) is 5.13. The summed E-state index contributed by atoms with van der Waals surface area (Å²) in [6, 6.07) is 7.82. The van der Waals surface area contributed by atoms with Gasteiger partial charge in [0.15, 0.2) is 0 Å². The molecule has 0 aliphatic carbocycles. The first-order valence-electron chi connectivity index (χ1n) is 8.61. The molecule has 6 heteroatoms. The van der Waals surface area contributed by atoms with E-state index in [9.17, 15) is 14.0 Å². The van der Waals surface area contributed by atoms with E-state index in [-0.39, 0.29) is 18.0 Å². The highest BCUT2D eigenvalue weighted by Gasteiger charge is 2.22. The van der Waals surface area contributed by atoms with E-state index in [1.165, 1.54) is 16.7 Å². The molecule has 130 valence electrons. The summed E-state index contributed by atoms with van der Waals surface area (Å²) in [5.74, 6) is 0.112. The summed E-state index contributed by atoms with van der Waals surface area (Å²) in [5.41, 5.74) is 1.36. The SMILES string of the molecule is CC1CCN(C(=O)Cn2c(=O)c3cccn3c3ccc(F)cc32)CC1. The van der Waals surface area contributed by atoms with Crippen LogP contribution in [0.15, 0.2) is 41.3 Å². The van der Waals surface area contributed by atoms with Crippen LogP contribution in [0.3, 0.4) is 0 Å². The van der Waals surface area contributed by atoms with Crippen LogP contribution in [0.1, 0.15) is 19.8 Å². The number of hydrogen-bond acceptors (Lipinski definition) is 2. The number of halogens is 1. The Labute approximate surface area is 144 Å². The van der Waals surface area contributed by atoms with E-state index >= 15 is 0 Å². The Bertz CT molecular complexity index is 1010. The van der Waals surface area contributed by atoms with E-state index in [1.54, 1.807) is 33.7 Å². The number of hydrogen-bond donors (Lipinski definition) is 0. The number of nitrogens with zero attached hydrogens (tertiary/aromatic N) is 3. The Morgan fingerprint density at radius 2 is 1.92 bits per heavy atom. The predicted molar refractivity (Wildman–Crippen MR) is 94.1 cm³/mol. The number of amides is 1. The van der Waals surface area contributed by atoms with Gasteiger partial charge in [-0.15, -0.1) is 0 Å². The number of carbonyl (C=O) groups excluding carboxylic acids is 1. The molecule has 4 rings (SSSR count). The molecule has 5 nitrogen and oxygen atoms in total. The number of rotatable bonds is 2. The molecule has 3 aromatic rings. The molecule has 0 spiro atoms. The first kappa shape index (κ1) is 15.9. The standard InChI is InChI=1S/C19H20FN3O2/c1-13-6-9-21(10-7-13)18(24)12-23-17-11-14(20)4-5-15(17)22-8-2-3-16(22)19(23)25/h2-5,8,11,13H,6-7,9-10,12H2,1H3. The molecule has 0 unspecified atom stereocenters. The van der Waals surface area contributed by atoms with Crippen molar-refractivity contribution in [1.82, 2.24) is 13.9 Å². The minimum Gasteiger partial charge on any atom is -0.341 e. The van der Waals surface area contributed by atoms with Crippen molar-refractivity contribution in [2.45, 2.75) is 26.3 Å². The average molecular weight is 341 g/mol. The van der Waals surface area contributed by atoms with E-state index in [1.807, 2.05) is 0 Å². The van der Waals surface area contributed by atoms with Gasteiger partial charge < -0.3 is 9.30 Å². The van der Waals surface area contributed by atoms with E-state index < -0.39 is 5.82 Å².